The molecule has 15 heavy (non-hydrogen) atoms. The normalized spacial score (nSPS) is 12.7. The van der Waals surface area contributed by atoms with Crippen LogP contribution in [0.3, 0.4) is 0 Å². The van der Waals surface area contributed by atoms with Gasteiger partial charge in [0.25, 0.3) is 0 Å². The fraction of sp³-hybridized carbons (Fsp3) is 0.818. The lowest BCUT2D eigenvalue weighted by molar-refractivity contribution is -0.126. The number of ether oxygens (including phenoxy) is 1. The van der Waals surface area contributed by atoms with Gasteiger partial charge in [0.2, 0.25) is 0 Å². The van der Waals surface area contributed by atoms with Gasteiger partial charge in [0.15, 0.2) is 0 Å². The maximum atomic E-state index is 11.8. The molecule has 0 saturated heterocycles. The van der Waals surface area contributed by atoms with Crippen LogP contribution in [0.25, 0.3) is 0 Å². The molecule has 0 aliphatic rings. The van der Waals surface area contributed by atoms with E-state index in [9.17, 15) is 9.59 Å². The van der Waals surface area contributed by atoms with E-state index >= 15 is 0 Å². The zero-order valence-corrected chi connectivity index (χ0v) is 10.2. The molecule has 0 spiro atoms. The Hall–Kier alpha value is -1.06. The van der Waals surface area contributed by atoms with Crippen LogP contribution in [-0.4, -0.2) is 25.5 Å². The molecule has 1 atom stereocenters. The van der Waals surface area contributed by atoms with Gasteiger partial charge in [-0.2, -0.15) is 0 Å². The molecule has 0 unspecified atom stereocenters. The molecule has 0 aliphatic carbocycles. The topological polar surface area (TPSA) is 55.4 Å². The second-order valence-electron chi connectivity index (χ2n) is 4.28. The number of alkyl carbamates (subject to hydrolysis) is 1. The Morgan fingerprint density at radius 2 is 1.73 bits per heavy atom. The van der Waals surface area contributed by atoms with E-state index in [1.54, 1.807) is 0 Å². The van der Waals surface area contributed by atoms with Crippen molar-refractivity contribution in [1.82, 2.24) is 5.32 Å². The highest BCUT2D eigenvalue weighted by molar-refractivity contribution is 5.83. The van der Waals surface area contributed by atoms with E-state index in [4.69, 9.17) is 0 Å². The van der Waals surface area contributed by atoms with Gasteiger partial charge in [-0.3, -0.25) is 4.79 Å². The van der Waals surface area contributed by atoms with Gasteiger partial charge < -0.3 is 10.1 Å². The van der Waals surface area contributed by atoms with Crippen LogP contribution in [0.5, 0.6) is 0 Å². The molecule has 88 valence electrons. The smallest absolute Gasteiger partial charge is 0.406 e. The Kier molecular flexibility index (Phi) is 5.97. The Bertz CT molecular complexity index is 224. The van der Waals surface area contributed by atoms with Crippen molar-refractivity contribution in [3.05, 3.63) is 0 Å². The van der Waals surface area contributed by atoms with E-state index in [-0.39, 0.29) is 23.5 Å². The van der Waals surface area contributed by atoms with Gasteiger partial charge in [0.1, 0.15) is 5.78 Å². The van der Waals surface area contributed by atoms with Crippen molar-refractivity contribution in [2.45, 2.75) is 27.7 Å². The average molecular weight is 215 g/mol. The minimum Gasteiger partial charge on any atom is -0.453 e. The first-order chi connectivity index (χ1) is 6.90. The van der Waals surface area contributed by atoms with Crippen molar-refractivity contribution in [3.63, 3.8) is 0 Å². The molecule has 0 radical (unpaired) electrons. The third-order valence-electron chi connectivity index (χ3n) is 2.39. The molecule has 0 rings (SSSR count). The van der Waals surface area contributed by atoms with Crippen molar-refractivity contribution in [1.29, 1.82) is 0 Å². The molecule has 0 heterocycles. The highest BCUT2D eigenvalue weighted by Gasteiger charge is 2.24. The molecule has 0 aromatic heterocycles. The third-order valence-corrected chi connectivity index (χ3v) is 2.39. The number of carbonyl (C=O) groups is 2. The highest BCUT2D eigenvalue weighted by atomic mass is 16.5. The summed E-state index contributed by atoms with van der Waals surface area (Å²) < 4.78 is 4.46. The molecule has 0 aromatic rings. The number of Topliss-reactive ketones (excluding diaryl/α,β-unsaturated/α-hetero) is 1. The average Bonchev–Trinajstić information content (AvgIpc) is 2.16. The van der Waals surface area contributed by atoms with Gasteiger partial charge in [-0.05, 0) is 5.92 Å². The molecule has 4 heteroatoms. The molecule has 1 N–H and O–H groups in total. The number of amides is 1. The SMILES string of the molecule is COC(=O)NC[C@@H](C(=O)C(C)C)C(C)C. The second-order valence-corrected chi connectivity index (χ2v) is 4.28. The first-order valence-electron chi connectivity index (χ1n) is 5.25. The maximum absolute atomic E-state index is 11.8. The lowest BCUT2D eigenvalue weighted by Crippen LogP contribution is -2.37. The zero-order chi connectivity index (χ0) is 12.0. The molecule has 0 aromatic carbocycles. The van der Waals surface area contributed by atoms with E-state index in [0.29, 0.717) is 6.54 Å². The van der Waals surface area contributed by atoms with Gasteiger partial charge >= 0.3 is 6.09 Å². The quantitative estimate of drug-likeness (QED) is 0.761. The van der Waals surface area contributed by atoms with Crippen LogP contribution >= 0.6 is 0 Å². The van der Waals surface area contributed by atoms with E-state index in [0.717, 1.165) is 0 Å². The summed E-state index contributed by atoms with van der Waals surface area (Å²) in [7, 11) is 1.31. The van der Waals surface area contributed by atoms with Crippen LogP contribution in [0.4, 0.5) is 4.79 Å². The van der Waals surface area contributed by atoms with E-state index in [1.165, 1.54) is 7.11 Å². The lowest BCUT2D eigenvalue weighted by atomic mass is 9.86. The minimum atomic E-state index is -0.489. The van der Waals surface area contributed by atoms with Crippen LogP contribution in [0.1, 0.15) is 27.7 Å². The summed E-state index contributed by atoms with van der Waals surface area (Å²) in [6.07, 6.45) is -0.489. The zero-order valence-electron chi connectivity index (χ0n) is 10.2. The summed E-state index contributed by atoms with van der Waals surface area (Å²) in [4.78, 5) is 22.7. The molecular formula is C11H21NO3. The number of hydrogen-bond acceptors (Lipinski definition) is 3. The van der Waals surface area contributed by atoms with Gasteiger partial charge in [-0.15, -0.1) is 0 Å². The van der Waals surface area contributed by atoms with Crippen LogP contribution in [0.2, 0.25) is 0 Å². The molecule has 0 aliphatic heterocycles. The van der Waals surface area contributed by atoms with E-state index in [2.05, 4.69) is 10.1 Å². The summed E-state index contributed by atoms with van der Waals surface area (Å²) in [6.45, 7) is 8.04. The number of carbonyl (C=O) groups excluding carboxylic acids is 2. The minimum absolute atomic E-state index is 0.00292. The van der Waals surface area contributed by atoms with Crippen molar-refractivity contribution < 1.29 is 14.3 Å². The van der Waals surface area contributed by atoms with Crippen LogP contribution < -0.4 is 5.32 Å². The van der Waals surface area contributed by atoms with Crippen molar-refractivity contribution >= 4 is 11.9 Å². The number of nitrogens with one attached hydrogen (secondary N) is 1. The number of methoxy groups -OCH3 is 1. The maximum Gasteiger partial charge on any atom is 0.406 e. The summed E-state index contributed by atoms with van der Waals surface area (Å²) in [6, 6.07) is 0. The highest BCUT2D eigenvalue weighted by Crippen LogP contribution is 2.15. The summed E-state index contributed by atoms with van der Waals surface area (Å²) in [5.41, 5.74) is 0. The molecule has 0 bridgehead atoms. The number of ketones is 1. The Labute approximate surface area is 91.4 Å². The first-order valence-corrected chi connectivity index (χ1v) is 5.25. The van der Waals surface area contributed by atoms with Crippen molar-refractivity contribution in [2.24, 2.45) is 17.8 Å². The Balaban J connectivity index is 4.29. The Morgan fingerprint density at radius 3 is 2.07 bits per heavy atom. The fourth-order valence-corrected chi connectivity index (χ4v) is 1.36. The van der Waals surface area contributed by atoms with Gasteiger partial charge in [0.05, 0.1) is 7.11 Å². The van der Waals surface area contributed by atoms with Crippen LogP contribution in [0, 0.1) is 17.8 Å². The molecular weight excluding hydrogens is 194 g/mol. The van der Waals surface area contributed by atoms with Crippen LogP contribution in [-0.2, 0) is 9.53 Å². The van der Waals surface area contributed by atoms with Crippen molar-refractivity contribution in [2.75, 3.05) is 13.7 Å². The molecule has 0 saturated carbocycles. The van der Waals surface area contributed by atoms with E-state index in [1.807, 2.05) is 27.7 Å². The Morgan fingerprint density at radius 1 is 1.20 bits per heavy atom. The second kappa shape index (κ2) is 6.43. The van der Waals surface area contributed by atoms with Crippen molar-refractivity contribution in [3.8, 4) is 0 Å². The van der Waals surface area contributed by atoms with Gasteiger partial charge in [-0.25, -0.2) is 4.79 Å². The van der Waals surface area contributed by atoms with Gasteiger partial charge in [-0.1, -0.05) is 27.7 Å². The molecule has 4 nitrogen and oxygen atoms in total. The number of rotatable bonds is 5. The first kappa shape index (κ1) is 13.9. The predicted octanol–water partition coefficient (Wildman–Crippen LogP) is 1.84. The summed E-state index contributed by atoms with van der Waals surface area (Å²) in [5.74, 6) is 0.263. The third kappa shape index (κ3) is 4.81. The molecule has 1 amide bonds. The lowest BCUT2D eigenvalue weighted by Gasteiger charge is -2.21. The van der Waals surface area contributed by atoms with E-state index < -0.39 is 6.09 Å². The standard InChI is InChI=1S/C11H21NO3/c1-7(2)9(10(13)8(3)4)6-12-11(14)15-5/h7-9H,6H2,1-5H3,(H,12,14)/t9-/m1/s1. The fourth-order valence-electron chi connectivity index (χ4n) is 1.36. The summed E-state index contributed by atoms with van der Waals surface area (Å²) in [5, 5.41) is 2.57. The van der Waals surface area contributed by atoms with Crippen LogP contribution in [0.15, 0.2) is 0 Å². The number of hydrogen-bond donors (Lipinski definition) is 1. The summed E-state index contributed by atoms with van der Waals surface area (Å²) >= 11 is 0. The van der Waals surface area contributed by atoms with Gasteiger partial charge in [0, 0.05) is 18.4 Å². The molecule has 0 fully saturated rings. The monoisotopic (exact) mass is 215 g/mol. The largest absolute Gasteiger partial charge is 0.453 e. The predicted molar refractivity (Wildman–Crippen MR) is 58.6 cm³/mol.